The summed E-state index contributed by atoms with van der Waals surface area (Å²) in [6.07, 6.45) is 1.35. The fraction of sp³-hybridized carbons (Fsp3) is 0.296. The van der Waals surface area contributed by atoms with Crippen LogP contribution in [0, 0.1) is 5.41 Å². The van der Waals surface area contributed by atoms with Crippen molar-refractivity contribution in [3.05, 3.63) is 81.5 Å². The van der Waals surface area contributed by atoms with Crippen molar-refractivity contribution in [2.75, 3.05) is 12.1 Å². The van der Waals surface area contributed by atoms with Gasteiger partial charge in [-0.25, -0.2) is 0 Å². The van der Waals surface area contributed by atoms with Crippen LogP contribution in [0.1, 0.15) is 49.3 Å². The maximum absolute atomic E-state index is 13.6. The van der Waals surface area contributed by atoms with E-state index in [4.69, 9.17) is 21.1 Å². The lowest BCUT2D eigenvalue weighted by Crippen LogP contribution is -2.34. The van der Waals surface area contributed by atoms with Gasteiger partial charge < -0.3 is 14.8 Å². The smallest absolute Gasteiger partial charge is 0.189 e. The van der Waals surface area contributed by atoms with Gasteiger partial charge in [0, 0.05) is 45.4 Å². The largest absolute Gasteiger partial charge is 0.467 e. The zero-order chi connectivity index (χ0) is 22.0. The Labute approximate surface area is 192 Å². The lowest BCUT2D eigenvalue weighted by molar-refractivity contribution is -0.118. The molecule has 3 aliphatic rings. The molecule has 6 rings (SSSR count). The second kappa shape index (κ2) is 7.09. The van der Waals surface area contributed by atoms with Crippen molar-refractivity contribution in [1.29, 1.82) is 0 Å². The molecule has 0 aromatic heterocycles. The Morgan fingerprint density at radius 3 is 2.81 bits per heavy atom. The number of Topliss-reactive ketones (excluding diaryl/α,β-unsaturated/α-hetero) is 1. The van der Waals surface area contributed by atoms with E-state index in [1.165, 1.54) is 0 Å². The van der Waals surface area contributed by atoms with Gasteiger partial charge in [-0.05, 0) is 46.4 Å². The Morgan fingerprint density at radius 2 is 1.94 bits per heavy atom. The molecule has 1 atom stereocenters. The Hall–Kier alpha value is -2.82. The monoisotopic (exact) mass is 445 g/mol. The predicted octanol–water partition coefficient (Wildman–Crippen LogP) is 6.56. The van der Waals surface area contributed by atoms with Crippen LogP contribution < -0.4 is 10.1 Å². The number of ketones is 1. The van der Waals surface area contributed by atoms with E-state index in [0.717, 1.165) is 56.6 Å². The normalized spacial score (nSPS) is 21.3. The lowest BCUT2D eigenvalue weighted by Gasteiger charge is -2.40. The Bertz CT molecular complexity index is 1320. The first kappa shape index (κ1) is 19.8. The molecule has 0 unspecified atom stereocenters. The van der Waals surface area contributed by atoms with Gasteiger partial charge in [0.1, 0.15) is 5.75 Å². The highest BCUT2D eigenvalue weighted by molar-refractivity contribution is 6.30. The summed E-state index contributed by atoms with van der Waals surface area (Å²) in [5.74, 6) is 0.727. The van der Waals surface area contributed by atoms with Gasteiger partial charge in [-0.2, -0.15) is 0 Å². The number of nitrogens with one attached hydrogen (secondary N) is 1. The van der Waals surface area contributed by atoms with Crippen molar-refractivity contribution in [2.45, 2.75) is 39.2 Å². The SMILES string of the molecule is CC1(C)CC(=O)C2=C(C1)Nc1ccc3ccccc3c1[C@@H]2c1cc(Cl)cc2c1OCOC2. The standard InChI is InChI=1S/C27H24ClNO3/c1-27(2)11-21-25(22(30)12-27)24(19-10-17(28)9-16-13-31-14-32-26(16)19)23-18-6-4-3-5-15(18)7-8-20(23)29-21/h3-10,24,29H,11-14H2,1-2H3/t24-/m0/s1. The maximum Gasteiger partial charge on any atom is 0.189 e. The third kappa shape index (κ3) is 3.05. The molecule has 0 radical (unpaired) electrons. The molecule has 0 bridgehead atoms. The zero-order valence-corrected chi connectivity index (χ0v) is 18.9. The van der Waals surface area contributed by atoms with Crippen molar-refractivity contribution in [3.8, 4) is 5.75 Å². The van der Waals surface area contributed by atoms with E-state index in [-0.39, 0.29) is 23.9 Å². The van der Waals surface area contributed by atoms with E-state index in [0.29, 0.717) is 18.1 Å². The fourth-order valence-electron chi connectivity index (χ4n) is 5.54. The summed E-state index contributed by atoms with van der Waals surface area (Å²) in [6.45, 7) is 4.96. The molecule has 0 saturated heterocycles. The number of carbonyl (C=O) groups excluding carboxylic acids is 1. The lowest BCUT2D eigenvalue weighted by atomic mass is 9.68. The number of hydrogen-bond donors (Lipinski definition) is 1. The molecule has 0 spiro atoms. The average Bonchev–Trinajstić information content (AvgIpc) is 2.76. The molecule has 3 aromatic rings. The van der Waals surface area contributed by atoms with Crippen molar-refractivity contribution < 1.29 is 14.3 Å². The van der Waals surface area contributed by atoms with Gasteiger partial charge in [0.2, 0.25) is 0 Å². The summed E-state index contributed by atoms with van der Waals surface area (Å²) in [7, 11) is 0. The first-order valence-electron chi connectivity index (χ1n) is 11.0. The molecule has 0 fully saturated rings. The van der Waals surface area contributed by atoms with Crippen LogP contribution >= 0.6 is 11.6 Å². The van der Waals surface area contributed by atoms with E-state index in [1.54, 1.807) is 0 Å². The maximum atomic E-state index is 13.6. The minimum atomic E-state index is -0.249. The summed E-state index contributed by atoms with van der Waals surface area (Å²) in [6, 6.07) is 16.5. The van der Waals surface area contributed by atoms with Crippen LogP contribution in [0.4, 0.5) is 5.69 Å². The number of anilines is 1. The van der Waals surface area contributed by atoms with Gasteiger partial charge in [-0.1, -0.05) is 55.8 Å². The first-order valence-corrected chi connectivity index (χ1v) is 11.4. The number of ether oxygens (including phenoxy) is 2. The van der Waals surface area contributed by atoms with Crippen molar-refractivity contribution in [3.63, 3.8) is 0 Å². The van der Waals surface area contributed by atoms with Crippen LogP contribution in [0.2, 0.25) is 5.02 Å². The highest BCUT2D eigenvalue weighted by Crippen LogP contribution is 2.53. The molecule has 1 aliphatic carbocycles. The van der Waals surface area contributed by atoms with Crippen molar-refractivity contribution in [1.82, 2.24) is 0 Å². The number of allylic oxidation sites excluding steroid dienone is 2. The van der Waals surface area contributed by atoms with Crippen LogP contribution in [0.5, 0.6) is 5.75 Å². The molecular formula is C27H24ClNO3. The molecule has 32 heavy (non-hydrogen) atoms. The van der Waals surface area contributed by atoms with Crippen LogP contribution in [0.3, 0.4) is 0 Å². The number of benzene rings is 3. The number of hydrogen-bond acceptors (Lipinski definition) is 4. The zero-order valence-electron chi connectivity index (χ0n) is 18.1. The third-order valence-electron chi connectivity index (χ3n) is 6.77. The number of carbonyl (C=O) groups is 1. The van der Waals surface area contributed by atoms with Gasteiger partial charge in [-0.15, -0.1) is 0 Å². The van der Waals surface area contributed by atoms with Crippen LogP contribution in [0.25, 0.3) is 10.8 Å². The van der Waals surface area contributed by atoms with Gasteiger partial charge in [0.25, 0.3) is 0 Å². The van der Waals surface area contributed by atoms with Gasteiger partial charge in [0.15, 0.2) is 12.6 Å². The average molecular weight is 446 g/mol. The summed E-state index contributed by atoms with van der Waals surface area (Å²) >= 11 is 6.58. The minimum absolute atomic E-state index is 0.0834. The van der Waals surface area contributed by atoms with E-state index in [1.807, 2.05) is 24.3 Å². The predicted molar refractivity (Wildman–Crippen MR) is 126 cm³/mol. The van der Waals surface area contributed by atoms with Crippen molar-refractivity contribution >= 4 is 33.8 Å². The molecule has 162 valence electrons. The van der Waals surface area contributed by atoms with E-state index in [9.17, 15) is 4.79 Å². The van der Waals surface area contributed by atoms with E-state index in [2.05, 4.69) is 43.4 Å². The second-order valence-electron chi connectivity index (χ2n) is 9.73. The van der Waals surface area contributed by atoms with E-state index >= 15 is 0 Å². The summed E-state index contributed by atoms with van der Waals surface area (Å²) < 4.78 is 11.5. The third-order valence-corrected chi connectivity index (χ3v) is 6.99. The molecular weight excluding hydrogens is 422 g/mol. The Morgan fingerprint density at radius 1 is 1.09 bits per heavy atom. The highest BCUT2D eigenvalue weighted by atomic mass is 35.5. The summed E-state index contributed by atoms with van der Waals surface area (Å²) in [5.41, 5.74) is 5.78. The second-order valence-corrected chi connectivity index (χ2v) is 10.2. The van der Waals surface area contributed by atoms with Crippen LogP contribution in [-0.4, -0.2) is 12.6 Å². The fourth-order valence-corrected chi connectivity index (χ4v) is 5.79. The summed E-state index contributed by atoms with van der Waals surface area (Å²) in [5, 5.41) is 6.53. The summed E-state index contributed by atoms with van der Waals surface area (Å²) in [4.78, 5) is 13.6. The molecule has 4 nitrogen and oxygen atoms in total. The molecule has 1 N–H and O–H groups in total. The number of rotatable bonds is 1. The van der Waals surface area contributed by atoms with Crippen molar-refractivity contribution in [2.24, 2.45) is 5.41 Å². The molecule has 5 heteroatoms. The minimum Gasteiger partial charge on any atom is -0.467 e. The Kier molecular flexibility index (Phi) is 4.40. The molecule has 2 aliphatic heterocycles. The highest BCUT2D eigenvalue weighted by Gasteiger charge is 2.42. The number of halogens is 1. The van der Waals surface area contributed by atoms with Gasteiger partial charge >= 0.3 is 0 Å². The quantitative estimate of drug-likeness (QED) is 0.460. The molecule has 3 aromatic carbocycles. The van der Waals surface area contributed by atoms with E-state index < -0.39 is 0 Å². The first-order chi connectivity index (χ1) is 15.4. The Balaban J connectivity index is 1.69. The van der Waals surface area contributed by atoms with Crippen LogP contribution in [0.15, 0.2) is 59.8 Å². The van der Waals surface area contributed by atoms with Gasteiger partial charge in [-0.3, -0.25) is 4.79 Å². The van der Waals surface area contributed by atoms with Crippen LogP contribution in [-0.2, 0) is 16.1 Å². The topological polar surface area (TPSA) is 47.6 Å². The number of fused-ring (bicyclic) bond motifs is 4. The molecule has 2 heterocycles. The molecule has 0 saturated carbocycles. The van der Waals surface area contributed by atoms with Gasteiger partial charge in [0.05, 0.1) is 6.61 Å². The molecule has 0 amide bonds.